The molecule has 4 rings (SSSR count). The van der Waals surface area contributed by atoms with Gasteiger partial charge in [0.15, 0.2) is 11.6 Å². The summed E-state index contributed by atoms with van der Waals surface area (Å²) >= 11 is 0. The average Bonchev–Trinajstić information content (AvgIpc) is 2.82. The summed E-state index contributed by atoms with van der Waals surface area (Å²) in [6.07, 6.45) is 1.74. The minimum absolute atomic E-state index is 0. The number of anilines is 2. The van der Waals surface area contributed by atoms with Crippen molar-refractivity contribution in [2.45, 2.75) is 19.8 Å². The van der Waals surface area contributed by atoms with E-state index in [0.29, 0.717) is 11.5 Å². The molecule has 1 heterocycles. The Labute approximate surface area is 206 Å². The van der Waals surface area contributed by atoms with E-state index in [2.05, 4.69) is 22.3 Å². The molecular formula is C27H30ClFN2O3. The zero-order valence-corrected chi connectivity index (χ0v) is 20.2. The van der Waals surface area contributed by atoms with E-state index in [1.165, 1.54) is 18.7 Å². The molecule has 0 unspecified atom stereocenters. The molecule has 1 aliphatic heterocycles. The van der Waals surface area contributed by atoms with Crippen LogP contribution in [0, 0.1) is 18.7 Å². The van der Waals surface area contributed by atoms with E-state index in [1.807, 2.05) is 31.2 Å². The van der Waals surface area contributed by atoms with Crippen LogP contribution in [0.1, 0.15) is 27.0 Å². The van der Waals surface area contributed by atoms with E-state index in [1.54, 1.807) is 18.2 Å². The number of hydrogen-bond donors (Lipinski definition) is 2. The third-order valence-corrected chi connectivity index (χ3v) is 6.23. The lowest BCUT2D eigenvalue weighted by molar-refractivity contribution is 0.0696. The number of benzene rings is 3. The number of methoxy groups -OCH3 is 1. The highest BCUT2D eigenvalue weighted by Crippen LogP contribution is 2.36. The van der Waals surface area contributed by atoms with E-state index < -0.39 is 5.97 Å². The number of ether oxygens (including phenoxy) is 1. The lowest BCUT2D eigenvalue weighted by Gasteiger charge is -2.36. The van der Waals surface area contributed by atoms with Gasteiger partial charge >= 0.3 is 5.97 Å². The van der Waals surface area contributed by atoms with Gasteiger partial charge in [-0.1, -0.05) is 30.3 Å². The predicted octanol–water partition coefficient (Wildman–Crippen LogP) is 5.41. The predicted molar refractivity (Wildman–Crippen MR) is 136 cm³/mol. The van der Waals surface area contributed by atoms with Gasteiger partial charge in [0.05, 0.1) is 12.7 Å². The Bertz CT molecular complexity index is 1150. The topological polar surface area (TPSA) is 61.8 Å². The lowest BCUT2D eigenvalue weighted by atomic mass is 9.91. The Morgan fingerprint density at radius 1 is 1.18 bits per heavy atom. The molecule has 34 heavy (non-hydrogen) atoms. The number of rotatable bonds is 8. The number of hydrogen-bond acceptors (Lipinski definition) is 4. The molecule has 0 aliphatic carbocycles. The van der Waals surface area contributed by atoms with Gasteiger partial charge in [-0.3, -0.25) is 0 Å². The number of aromatic carboxylic acids is 1. The van der Waals surface area contributed by atoms with Gasteiger partial charge in [-0.15, -0.1) is 12.4 Å². The SMILES string of the molecule is COc1cc(CCNC[C@H]2Cc3ccccc3N(c3ccc(C)c(C(=O)O)c3)C2)ccc1F.Cl. The molecule has 0 bridgehead atoms. The first-order chi connectivity index (χ1) is 16.0. The van der Waals surface area contributed by atoms with Gasteiger partial charge in [-0.25, -0.2) is 9.18 Å². The Morgan fingerprint density at radius 3 is 2.74 bits per heavy atom. The Morgan fingerprint density at radius 2 is 1.97 bits per heavy atom. The second-order valence-electron chi connectivity index (χ2n) is 8.54. The molecule has 7 heteroatoms. The van der Waals surface area contributed by atoms with Crippen LogP contribution in [0.5, 0.6) is 5.75 Å². The van der Waals surface area contributed by atoms with Crippen molar-refractivity contribution in [3.05, 3.63) is 88.7 Å². The first-order valence-corrected chi connectivity index (χ1v) is 11.2. The number of aryl methyl sites for hydroxylation is 1. The van der Waals surface area contributed by atoms with Crippen LogP contribution < -0.4 is 15.0 Å². The number of nitrogens with zero attached hydrogens (tertiary/aromatic N) is 1. The van der Waals surface area contributed by atoms with Gasteiger partial charge in [-0.2, -0.15) is 0 Å². The summed E-state index contributed by atoms with van der Waals surface area (Å²) in [5.41, 5.74) is 5.40. The minimum atomic E-state index is -0.907. The smallest absolute Gasteiger partial charge is 0.336 e. The normalized spacial score (nSPS) is 14.8. The Hall–Kier alpha value is -3.09. The zero-order chi connectivity index (χ0) is 23.4. The summed E-state index contributed by atoms with van der Waals surface area (Å²) in [7, 11) is 1.47. The molecule has 3 aromatic carbocycles. The number of fused-ring (bicyclic) bond motifs is 1. The van der Waals surface area contributed by atoms with Crippen molar-refractivity contribution in [1.82, 2.24) is 5.32 Å². The third-order valence-electron chi connectivity index (χ3n) is 6.23. The van der Waals surface area contributed by atoms with E-state index in [-0.39, 0.29) is 24.0 Å². The molecule has 1 aliphatic rings. The molecule has 0 radical (unpaired) electrons. The van der Waals surface area contributed by atoms with Crippen molar-refractivity contribution in [2.24, 2.45) is 5.92 Å². The van der Waals surface area contributed by atoms with Crippen molar-refractivity contribution in [1.29, 1.82) is 0 Å². The molecular weight excluding hydrogens is 455 g/mol. The Balaban J connectivity index is 0.00000324. The molecule has 0 aromatic heterocycles. The van der Waals surface area contributed by atoms with E-state index in [9.17, 15) is 14.3 Å². The highest BCUT2D eigenvalue weighted by Gasteiger charge is 2.25. The van der Waals surface area contributed by atoms with Crippen molar-refractivity contribution >= 4 is 29.8 Å². The summed E-state index contributed by atoms with van der Waals surface area (Å²) in [6.45, 7) is 4.23. The highest BCUT2D eigenvalue weighted by molar-refractivity contribution is 5.91. The summed E-state index contributed by atoms with van der Waals surface area (Å²) in [5, 5.41) is 13.1. The number of carboxylic acids is 1. The second kappa shape index (κ2) is 11.4. The fourth-order valence-corrected chi connectivity index (χ4v) is 4.47. The standard InChI is InChI=1S/C27H29FN2O3.ClH/c1-18-7-9-22(15-23(18)27(31)32)30-17-20(13-21-5-3-4-6-25(21)30)16-29-12-11-19-8-10-24(28)26(14-19)33-2;/h3-10,14-15,20,29H,11-13,16-17H2,1-2H3,(H,31,32);1H/t20-;/m1./s1. The van der Waals surface area contributed by atoms with Gasteiger partial charge in [0.1, 0.15) is 0 Å². The number of carbonyl (C=O) groups is 1. The molecule has 0 spiro atoms. The molecule has 3 aromatic rings. The Kier molecular flexibility index (Phi) is 8.53. The van der Waals surface area contributed by atoms with Crippen LogP contribution in [0.3, 0.4) is 0 Å². The van der Waals surface area contributed by atoms with Crippen molar-refractivity contribution < 1.29 is 19.0 Å². The summed E-state index contributed by atoms with van der Waals surface area (Å²) in [4.78, 5) is 13.9. The third kappa shape index (κ3) is 5.69. The number of carboxylic acid groups (broad SMARTS) is 1. The van der Waals surface area contributed by atoms with E-state index in [0.717, 1.165) is 55.0 Å². The molecule has 2 N–H and O–H groups in total. The maximum atomic E-state index is 13.6. The number of nitrogens with one attached hydrogen (secondary N) is 1. The fourth-order valence-electron chi connectivity index (χ4n) is 4.47. The van der Waals surface area contributed by atoms with Gasteiger partial charge < -0.3 is 20.1 Å². The minimum Gasteiger partial charge on any atom is -0.494 e. The highest BCUT2D eigenvalue weighted by atomic mass is 35.5. The maximum absolute atomic E-state index is 13.6. The van der Waals surface area contributed by atoms with Crippen LogP contribution >= 0.6 is 12.4 Å². The van der Waals surface area contributed by atoms with Crippen molar-refractivity contribution in [3.8, 4) is 5.75 Å². The molecule has 180 valence electrons. The zero-order valence-electron chi connectivity index (χ0n) is 19.4. The largest absolute Gasteiger partial charge is 0.494 e. The monoisotopic (exact) mass is 484 g/mol. The fraction of sp³-hybridized carbons (Fsp3) is 0.296. The number of para-hydroxylation sites is 1. The molecule has 0 amide bonds. The first-order valence-electron chi connectivity index (χ1n) is 11.2. The van der Waals surface area contributed by atoms with Crippen LogP contribution in [0.15, 0.2) is 60.7 Å². The van der Waals surface area contributed by atoms with Gasteiger partial charge in [-0.05, 0) is 85.8 Å². The molecule has 0 fully saturated rings. The number of halogens is 2. The van der Waals surface area contributed by atoms with Crippen LogP contribution in [-0.2, 0) is 12.8 Å². The molecule has 0 saturated heterocycles. The first kappa shape index (κ1) is 25.5. The van der Waals surface area contributed by atoms with Crippen molar-refractivity contribution in [3.63, 3.8) is 0 Å². The quantitative estimate of drug-likeness (QED) is 0.419. The van der Waals surface area contributed by atoms with E-state index in [4.69, 9.17) is 4.74 Å². The summed E-state index contributed by atoms with van der Waals surface area (Å²) in [6, 6.07) is 18.9. The van der Waals surface area contributed by atoms with E-state index >= 15 is 0 Å². The summed E-state index contributed by atoms with van der Waals surface area (Å²) in [5.74, 6) is -0.615. The lowest BCUT2D eigenvalue weighted by Crippen LogP contribution is -2.38. The van der Waals surface area contributed by atoms with Gasteiger partial charge in [0.2, 0.25) is 0 Å². The van der Waals surface area contributed by atoms with Gasteiger partial charge in [0, 0.05) is 17.9 Å². The molecule has 5 nitrogen and oxygen atoms in total. The van der Waals surface area contributed by atoms with Gasteiger partial charge in [0.25, 0.3) is 0 Å². The average molecular weight is 485 g/mol. The maximum Gasteiger partial charge on any atom is 0.336 e. The summed E-state index contributed by atoms with van der Waals surface area (Å²) < 4.78 is 18.7. The van der Waals surface area contributed by atoms with Crippen LogP contribution in [-0.4, -0.2) is 37.8 Å². The van der Waals surface area contributed by atoms with Crippen LogP contribution in [0.2, 0.25) is 0 Å². The molecule has 0 saturated carbocycles. The van der Waals surface area contributed by atoms with Crippen molar-refractivity contribution in [2.75, 3.05) is 31.6 Å². The molecule has 1 atom stereocenters. The van der Waals surface area contributed by atoms with Crippen LogP contribution in [0.4, 0.5) is 15.8 Å². The second-order valence-corrected chi connectivity index (χ2v) is 8.54. The van der Waals surface area contributed by atoms with Crippen LogP contribution in [0.25, 0.3) is 0 Å².